The van der Waals surface area contributed by atoms with Gasteiger partial charge in [-0.05, 0) is 49.9 Å². The Kier molecular flexibility index (Phi) is 4.34. The normalized spacial score (nSPS) is 19.6. The minimum Gasteiger partial charge on any atom is -0.494 e. The molecule has 8 heteroatoms. The molecule has 0 radical (unpaired) electrons. The summed E-state index contributed by atoms with van der Waals surface area (Å²) in [4.78, 5) is 18.9. The van der Waals surface area contributed by atoms with Gasteiger partial charge >= 0.3 is 0 Å². The number of hydrogen-bond acceptors (Lipinski definition) is 6. The minimum absolute atomic E-state index is 0.0143. The van der Waals surface area contributed by atoms with E-state index in [-0.39, 0.29) is 11.8 Å². The number of methoxy groups -OCH3 is 1. The SMILES string of the molecule is COc1ccc(C)cc1-n1ccc(-c2nc(C3CC(=O)N(C4CCC4)C3)no2)n1. The monoisotopic (exact) mass is 393 g/mol. The van der Waals surface area contributed by atoms with E-state index in [9.17, 15) is 4.79 Å². The summed E-state index contributed by atoms with van der Waals surface area (Å²) in [6.07, 6.45) is 5.71. The highest BCUT2D eigenvalue weighted by Gasteiger charge is 2.39. The lowest BCUT2D eigenvalue weighted by atomic mass is 9.92. The summed E-state index contributed by atoms with van der Waals surface area (Å²) < 4.78 is 12.7. The molecular formula is C21H23N5O3. The molecule has 1 saturated heterocycles. The lowest BCUT2D eigenvalue weighted by Gasteiger charge is -2.34. The van der Waals surface area contributed by atoms with Crippen LogP contribution in [0.2, 0.25) is 0 Å². The first kappa shape index (κ1) is 17.9. The predicted molar refractivity (Wildman–Crippen MR) is 105 cm³/mol. The van der Waals surface area contributed by atoms with E-state index in [2.05, 4.69) is 15.2 Å². The molecule has 1 atom stereocenters. The Hall–Kier alpha value is -3.16. The molecule has 0 bridgehead atoms. The van der Waals surface area contributed by atoms with E-state index in [1.807, 2.05) is 42.3 Å². The van der Waals surface area contributed by atoms with Crippen molar-refractivity contribution < 1.29 is 14.1 Å². The molecular weight excluding hydrogens is 370 g/mol. The van der Waals surface area contributed by atoms with Crippen LogP contribution in [-0.2, 0) is 4.79 Å². The van der Waals surface area contributed by atoms with E-state index >= 15 is 0 Å². The zero-order valence-corrected chi connectivity index (χ0v) is 16.5. The molecule has 3 heterocycles. The molecule has 1 saturated carbocycles. The van der Waals surface area contributed by atoms with Crippen molar-refractivity contribution in [3.8, 4) is 23.0 Å². The van der Waals surface area contributed by atoms with Crippen molar-refractivity contribution in [1.29, 1.82) is 0 Å². The lowest BCUT2D eigenvalue weighted by Crippen LogP contribution is -2.40. The van der Waals surface area contributed by atoms with Crippen molar-refractivity contribution in [3.05, 3.63) is 41.9 Å². The van der Waals surface area contributed by atoms with E-state index < -0.39 is 0 Å². The fourth-order valence-corrected chi connectivity index (χ4v) is 4.01. The third kappa shape index (κ3) is 3.18. The topological polar surface area (TPSA) is 86.3 Å². The highest BCUT2D eigenvalue weighted by molar-refractivity contribution is 5.80. The standard InChI is InChI=1S/C21H23N5O3/c1-13-6-7-18(28-2)17(10-13)26-9-8-16(23-26)21-22-20(24-29-21)14-11-19(27)25(12-14)15-4-3-5-15/h6-10,14-15H,3-5,11-12H2,1-2H3. The number of rotatable bonds is 5. The third-order valence-electron chi connectivity index (χ3n) is 5.87. The Morgan fingerprint density at radius 3 is 2.86 bits per heavy atom. The minimum atomic E-state index is -0.0143. The van der Waals surface area contributed by atoms with Gasteiger partial charge in [-0.2, -0.15) is 10.1 Å². The molecule has 8 nitrogen and oxygen atoms in total. The number of likely N-dealkylation sites (tertiary alicyclic amines) is 1. The second kappa shape index (κ2) is 7.02. The predicted octanol–water partition coefficient (Wildman–Crippen LogP) is 3.11. The smallest absolute Gasteiger partial charge is 0.278 e. The maximum absolute atomic E-state index is 12.3. The average Bonchev–Trinajstić information content (AvgIpc) is 3.40. The number of ether oxygens (including phenoxy) is 1. The maximum atomic E-state index is 12.3. The summed E-state index contributed by atoms with van der Waals surface area (Å²) in [6, 6.07) is 8.15. The summed E-state index contributed by atoms with van der Waals surface area (Å²) in [5, 5.41) is 8.72. The third-order valence-corrected chi connectivity index (χ3v) is 5.87. The fraction of sp³-hybridized carbons (Fsp3) is 0.429. The Labute approximate surface area is 168 Å². The van der Waals surface area contributed by atoms with Gasteiger partial charge in [0.2, 0.25) is 5.91 Å². The van der Waals surface area contributed by atoms with Crippen LogP contribution in [0, 0.1) is 6.92 Å². The highest BCUT2D eigenvalue weighted by atomic mass is 16.5. The zero-order valence-electron chi connectivity index (χ0n) is 16.5. The summed E-state index contributed by atoms with van der Waals surface area (Å²) in [5.74, 6) is 1.86. The van der Waals surface area contributed by atoms with Crippen LogP contribution in [0.25, 0.3) is 17.3 Å². The molecule has 1 amide bonds. The van der Waals surface area contributed by atoms with Gasteiger partial charge in [-0.1, -0.05) is 11.2 Å². The number of carbonyl (C=O) groups is 1. The van der Waals surface area contributed by atoms with E-state index in [1.54, 1.807) is 11.8 Å². The number of hydrogen-bond donors (Lipinski definition) is 0. The number of benzene rings is 1. The molecule has 2 fully saturated rings. The van der Waals surface area contributed by atoms with Crippen LogP contribution in [0.15, 0.2) is 35.0 Å². The summed E-state index contributed by atoms with van der Waals surface area (Å²) in [7, 11) is 1.64. The van der Waals surface area contributed by atoms with Gasteiger partial charge in [0.05, 0.1) is 7.11 Å². The van der Waals surface area contributed by atoms with Gasteiger partial charge in [-0.25, -0.2) is 4.68 Å². The van der Waals surface area contributed by atoms with Crippen molar-refractivity contribution in [3.63, 3.8) is 0 Å². The molecule has 150 valence electrons. The average molecular weight is 393 g/mol. The van der Waals surface area contributed by atoms with Gasteiger partial charge in [0.1, 0.15) is 11.4 Å². The molecule has 5 rings (SSSR count). The number of nitrogens with zero attached hydrogens (tertiary/aromatic N) is 5. The molecule has 3 aromatic rings. The molecule has 0 spiro atoms. The van der Waals surface area contributed by atoms with Gasteiger partial charge in [0, 0.05) is 31.1 Å². The van der Waals surface area contributed by atoms with E-state index in [4.69, 9.17) is 9.26 Å². The molecule has 29 heavy (non-hydrogen) atoms. The van der Waals surface area contributed by atoms with Crippen LogP contribution in [-0.4, -0.2) is 50.4 Å². The molecule has 1 aliphatic carbocycles. The van der Waals surface area contributed by atoms with Crippen LogP contribution in [0.4, 0.5) is 0 Å². The molecule has 1 unspecified atom stereocenters. The largest absolute Gasteiger partial charge is 0.494 e. The van der Waals surface area contributed by atoms with Crippen LogP contribution >= 0.6 is 0 Å². The maximum Gasteiger partial charge on any atom is 0.278 e. The van der Waals surface area contributed by atoms with Crippen LogP contribution in [0.5, 0.6) is 5.75 Å². The number of aromatic nitrogens is 4. The Morgan fingerprint density at radius 1 is 1.24 bits per heavy atom. The summed E-state index contributed by atoms with van der Waals surface area (Å²) in [5.41, 5.74) is 2.54. The van der Waals surface area contributed by atoms with E-state index in [0.29, 0.717) is 36.4 Å². The Bertz CT molecular complexity index is 1050. The van der Waals surface area contributed by atoms with Crippen LogP contribution < -0.4 is 4.74 Å². The van der Waals surface area contributed by atoms with Gasteiger partial charge < -0.3 is 14.2 Å². The molecule has 2 aliphatic rings. The van der Waals surface area contributed by atoms with E-state index in [0.717, 1.165) is 29.8 Å². The second-order valence-corrected chi connectivity index (χ2v) is 7.81. The Balaban J connectivity index is 1.37. The van der Waals surface area contributed by atoms with Gasteiger partial charge in [0.25, 0.3) is 5.89 Å². The number of aryl methyl sites for hydroxylation is 1. The molecule has 2 aromatic heterocycles. The van der Waals surface area contributed by atoms with Gasteiger partial charge in [0.15, 0.2) is 11.5 Å². The number of carbonyl (C=O) groups excluding carboxylic acids is 1. The van der Waals surface area contributed by atoms with Crippen molar-refractivity contribution in [1.82, 2.24) is 24.8 Å². The van der Waals surface area contributed by atoms with E-state index in [1.165, 1.54) is 6.42 Å². The lowest BCUT2D eigenvalue weighted by molar-refractivity contribution is -0.131. The second-order valence-electron chi connectivity index (χ2n) is 7.81. The van der Waals surface area contributed by atoms with Gasteiger partial charge in [-0.3, -0.25) is 4.79 Å². The highest BCUT2D eigenvalue weighted by Crippen LogP contribution is 2.34. The first-order chi connectivity index (χ1) is 14.1. The molecule has 0 N–H and O–H groups in total. The zero-order chi connectivity index (χ0) is 20.0. The first-order valence-electron chi connectivity index (χ1n) is 9.96. The fourth-order valence-electron chi connectivity index (χ4n) is 4.01. The Morgan fingerprint density at radius 2 is 2.10 bits per heavy atom. The quantitative estimate of drug-likeness (QED) is 0.662. The molecule has 1 aromatic carbocycles. The number of amides is 1. The van der Waals surface area contributed by atoms with Crippen molar-refractivity contribution >= 4 is 5.91 Å². The van der Waals surface area contributed by atoms with Crippen molar-refractivity contribution in [2.75, 3.05) is 13.7 Å². The summed E-state index contributed by atoms with van der Waals surface area (Å²) in [6.45, 7) is 2.70. The van der Waals surface area contributed by atoms with Crippen molar-refractivity contribution in [2.45, 2.75) is 44.6 Å². The van der Waals surface area contributed by atoms with Crippen LogP contribution in [0.1, 0.15) is 43.0 Å². The van der Waals surface area contributed by atoms with Crippen LogP contribution in [0.3, 0.4) is 0 Å². The van der Waals surface area contributed by atoms with Crippen molar-refractivity contribution in [2.24, 2.45) is 0 Å². The summed E-state index contributed by atoms with van der Waals surface area (Å²) >= 11 is 0. The van der Waals surface area contributed by atoms with Gasteiger partial charge in [-0.15, -0.1) is 0 Å². The first-order valence-corrected chi connectivity index (χ1v) is 9.96. The molecule has 1 aliphatic heterocycles.